The van der Waals surface area contributed by atoms with Gasteiger partial charge in [-0.2, -0.15) is 0 Å². The van der Waals surface area contributed by atoms with Gasteiger partial charge < -0.3 is 10.8 Å². The van der Waals surface area contributed by atoms with Crippen LogP contribution in [0.2, 0.25) is 0 Å². The summed E-state index contributed by atoms with van der Waals surface area (Å²) in [4.78, 5) is 25.3. The molecule has 2 rings (SSSR count). The predicted molar refractivity (Wildman–Crippen MR) is 77.7 cm³/mol. The number of carboxylic acids is 1. The molecule has 0 radical (unpaired) electrons. The van der Waals surface area contributed by atoms with Gasteiger partial charge in [0, 0.05) is 10.6 Å². The van der Waals surface area contributed by atoms with Crippen molar-refractivity contribution in [3.05, 3.63) is 52.7 Å². The van der Waals surface area contributed by atoms with Crippen molar-refractivity contribution in [2.24, 2.45) is 5.73 Å². The molecule has 0 bridgehead atoms. The third-order valence-corrected chi connectivity index (χ3v) is 3.70. The van der Waals surface area contributed by atoms with Crippen LogP contribution in [-0.2, 0) is 9.59 Å². The number of hydrogen-bond donors (Lipinski definition) is 2. The number of carbonyl (C=O) groups is 2. The van der Waals surface area contributed by atoms with E-state index in [2.05, 4.69) is 0 Å². The summed E-state index contributed by atoms with van der Waals surface area (Å²) in [6.07, 6.45) is 0. The maximum absolute atomic E-state index is 12.4. The minimum atomic E-state index is -1.08. The second-order valence-electron chi connectivity index (χ2n) is 4.15. The summed E-state index contributed by atoms with van der Waals surface area (Å²) < 4.78 is 0. The van der Waals surface area contributed by atoms with Crippen LogP contribution in [0.1, 0.15) is 10.9 Å². The number of nitrogens with two attached hydrogens (primary N) is 1. The number of carbonyl (C=O) groups excluding carboxylic acids is 1. The van der Waals surface area contributed by atoms with Gasteiger partial charge in [0.1, 0.15) is 12.6 Å². The Morgan fingerprint density at radius 1 is 1.20 bits per heavy atom. The fourth-order valence-electron chi connectivity index (χ4n) is 1.80. The molecule has 0 aliphatic heterocycles. The summed E-state index contributed by atoms with van der Waals surface area (Å²) in [6.45, 7) is -0.415. The molecule has 0 spiro atoms. The lowest BCUT2D eigenvalue weighted by atomic mass is 10.2. The molecule has 1 aromatic carbocycles. The summed E-state index contributed by atoms with van der Waals surface area (Å²) in [6, 6.07) is 11.4. The molecule has 1 unspecified atom stereocenters. The molecule has 20 heavy (non-hydrogen) atoms. The number of aliphatic carboxylic acids is 1. The monoisotopic (exact) mass is 290 g/mol. The Balaban J connectivity index is 2.27. The Morgan fingerprint density at radius 2 is 1.90 bits per heavy atom. The zero-order valence-electron chi connectivity index (χ0n) is 10.6. The van der Waals surface area contributed by atoms with Crippen LogP contribution in [0.25, 0.3) is 0 Å². The molecule has 2 aromatic rings. The maximum Gasteiger partial charge on any atom is 0.323 e. The zero-order chi connectivity index (χ0) is 14.5. The van der Waals surface area contributed by atoms with Crippen LogP contribution in [0.3, 0.4) is 0 Å². The van der Waals surface area contributed by atoms with Crippen molar-refractivity contribution in [1.82, 2.24) is 0 Å². The van der Waals surface area contributed by atoms with E-state index in [1.54, 1.807) is 42.5 Å². The summed E-state index contributed by atoms with van der Waals surface area (Å²) in [5, 5.41) is 10.8. The van der Waals surface area contributed by atoms with E-state index in [0.717, 1.165) is 0 Å². The van der Waals surface area contributed by atoms with Crippen molar-refractivity contribution in [2.45, 2.75) is 6.04 Å². The van der Waals surface area contributed by atoms with Gasteiger partial charge >= 0.3 is 5.97 Å². The Morgan fingerprint density at radius 3 is 2.45 bits per heavy atom. The smallest absolute Gasteiger partial charge is 0.323 e. The van der Waals surface area contributed by atoms with Gasteiger partial charge in [-0.25, -0.2) is 0 Å². The molecule has 1 atom stereocenters. The van der Waals surface area contributed by atoms with E-state index in [1.165, 1.54) is 16.2 Å². The number of hydrogen-bond acceptors (Lipinski definition) is 4. The highest BCUT2D eigenvalue weighted by atomic mass is 32.1. The average Bonchev–Trinajstić information content (AvgIpc) is 2.98. The molecule has 6 heteroatoms. The molecule has 0 saturated carbocycles. The lowest BCUT2D eigenvalue weighted by molar-refractivity contribution is -0.136. The lowest BCUT2D eigenvalue weighted by Gasteiger charge is -2.23. The maximum atomic E-state index is 12.4. The number of benzene rings is 1. The van der Waals surface area contributed by atoms with E-state index in [1.807, 2.05) is 5.38 Å². The lowest BCUT2D eigenvalue weighted by Crippen LogP contribution is -2.41. The van der Waals surface area contributed by atoms with E-state index < -0.39 is 24.5 Å². The van der Waals surface area contributed by atoms with Gasteiger partial charge in [0.05, 0.1) is 0 Å². The third-order valence-electron chi connectivity index (χ3n) is 2.74. The molecule has 1 aromatic heterocycles. The standard InChI is InChI=1S/C14H14N2O3S/c15-13(11-7-4-8-20-11)14(19)16(9-12(17)18)10-5-2-1-3-6-10/h1-8,13H,9,15H2,(H,17,18). The SMILES string of the molecule is NC(C(=O)N(CC(=O)O)c1ccccc1)c1cccs1. The first kappa shape index (κ1) is 14.2. The van der Waals surface area contributed by atoms with Crippen molar-refractivity contribution in [1.29, 1.82) is 0 Å². The van der Waals surface area contributed by atoms with Gasteiger partial charge in [0.2, 0.25) is 5.91 Å². The van der Waals surface area contributed by atoms with Crippen LogP contribution in [0.5, 0.6) is 0 Å². The number of rotatable bonds is 5. The molecular formula is C14H14N2O3S. The molecular weight excluding hydrogens is 276 g/mol. The van der Waals surface area contributed by atoms with E-state index in [4.69, 9.17) is 10.8 Å². The van der Waals surface area contributed by atoms with E-state index in [9.17, 15) is 9.59 Å². The number of nitrogens with zero attached hydrogens (tertiary/aromatic N) is 1. The van der Waals surface area contributed by atoms with E-state index >= 15 is 0 Å². The fraction of sp³-hybridized carbons (Fsp3) is 0.143. The summed E-state index contributed by atoms with van der Waals surface area (Å²) in [5.74, 6) is -1.51. The number of thiophene rings is 1. The largest absolute Gasteiger partial charge is 0.480 e. The minimum Gasteiger partial charge on any atom is -0.480 e. The summed E-state index contributed by atoms with van der Waals surface area (Å²) in [7, 11) is 0. The van der Waals surface area contributed by atoms with Crippen LogP contribution < -0.4 is 10.6 Å². The molecule has 0 aliphatic rings. The van der Waals surface area contributed by atoms with Crippen molar-refractivity contribution < 1.29 is 14.7 Å². The first-order valence-corrected chi connectivity index (χ1v) is 6.85. The second kappa shape index (κ2) is 6.31. The highest BCUT2D eigenvalue weighted by Crippen LogP contribution is 2.22. The number of para-hydroxylation sites is 1. The Hall–Kier alpha value is -2.18. The van der Waals surface area contributed by atoms with Crippen LogP contribution in [0, 0.1) is 0 Å². The Bertz CT molecular complexity index is 584. The summed E-state index contributed by atoms with van der Waals surface area (Å²) in [5.41, 5.74) is 6.44. The first-order valence-electron chi connectivity index (χ1n) is 5.97. The molecule has 5 nitrogen and oxygen atoms in total. The van der Waals surface area contributed by atoms with Gasteiger partial charge in [-0.3, -0.25) is 14.5 Å². The normalized spacial score (nSPS) is 11.8. The Labute approximate surface area is 120 Å². The van der Waals surface area contributed by atoms with Crippen LogP contribution in [0.15, 0.2) is 47.8 Å². The number of anilines is 1. The number of carboxylic acid groups (broad SMARTS) is 1. The van der Waals surface area contributed by atoms with Gasteiger partial charge in [0.15, 0.2) is 0 Å². The van der Waals surface area contributed by atoms with Gasteiger partial charge in [-0.05, 0) is 23.6 Å². The second-order valence-corrected chi connectivity index (χ2v) is 5.13. The minimum absolute atomic E-state index is 0.415. The first-order chi connectivity index (χ1) is 9.59. The number of amides is 1. The highest BCUT2D eigenvalue weighted by Gasteiger charge is 2.26. The molecule has 0 saturated heterocycles. The topological polar surface area (TPSA) is 83.6 Å². The molecule has 0 fully saturated rings. The van der Waals surface area contributed by atoms with E-state index in [0.29, 0.717) is 10.6 Å². The quantitative estimate of drug-likeness (QED) is 0.880. The van der Waals surface area contributed by atoms with Gasteiger partial charge in [0.25, 0.3) is 0 Å². The molecule has 3 N–H and O–H groups in total. The Kier molecular flexibility index (Phi) is 4.49. The molecule has 1 heterocycles. The summed E-state index contributed by atoms with van der Waals surface area (Å²) >= 11 is 1.37. The molecule has 104 valence electrons. The predicted octanol–water partition coefficient (Wildman–Crippen LogP) is 1.87. The van der Waals surface area contributed by atoms with Crippen molar-refractivity contribution in [3.63, 3.8) is 0 Å². The van der Waals surface area contributed by atoms with Gasteiger partial charge in [-0.15, -0.1) is 11.3 Å². The zero-order valence-corrected chi connectivity index (χ0v) is 11.4. The van der Waals surface area contributed by atoms with Crippen molar-refractivity contribution in [2.75, 3.05) is 11.4 Å². The fourth-order valence-corrected chi connectivity index (χ4v) is 2.52. The van der Waals surface area contributed by atoms with Crippen LogP contribution in [-0.4, -0.2) is 23.5 Å². The van der Waals surface area contributed by atoms with E-state index in [-0.39, 0.29) is 0 Å². The third kappa shape index (κ3) is 3.23. The van der Waals surface area contributed by atoms with Crippen LogP contribution >= 0.6 is 11.3 Å². The molecule has 1 amide bonds. The highest BCUT2D eigenvalue weighted by molar-refractivity contribution is 7.10. The van der Waals surface area contributed by atoms with Crippen LogP contribution in [0.4, 0.5) is 5.69 Å². The van der Waals surface area contributed by atoms with Crippen molar-refractivity contribution in [3.8, 4) is 0 Å². The van der Waals surface area contributed by atoms with Gasteiger partial charge in [-0.1, -0.05) is 24.3 Å². The average molecular weight is 290 g/mol. The molecule has 0 aliphatic carbocycles. The van der Waals surface area contributed by atoms with Crippen molar-refractivity contribution >= 4 is 28.9 Å².